The third-order valence-corrected chi connectivity index (χ3v) is 1.81. The van der Waals surface area contributed by atoms with Crippen LogP contribution in [0.3, 0.4) is 0 Å². The van der Waals surface area contributed by atoms with E-state index in [0.717, 1.165) is 6.07 Å². The summed E-state index contributed by atoms with van der Waals surface area (Å²) in [5, 5.41) is 17.1. The number of rotatable bonds is 1. The predicted molar refractivity (Wildman–Crippen MR) is 48.3 cm³/mol. The van der Waals surface area contributed by atoms with Crippen molar-refractivity contribution in [2.75, 3.05) is 0 Å². The van der Waals surface area contributed by atoms with Gasteiger partial charge in [0.05, 0.1) is 0 Å². The number of halogens is 2. The first-order valence-electron chi connectivity index (χ1n) is 3.90. The van der Waals surface area contributed by atoms with E-state index in [9.17, 15) is 8.78 Å². The Hall–Kier alpha value is -2.38. The van der Waals surface area contributed by atoms with Crippen LogP contribution in [0.2, 0.25) is 0 Å². The van der Waals surface area contributed by atoms with Crippen molar-refractivity contribution >= 4 is 0 Å². The van der Waals surface area contributed by atoms with Crippen molar-refractivity contribution in [1.82, 2.24) is 0 Å². The summed E-state index contributed by atoms with van der Waals surface area (Å²) in [5.41, 5.74) is -1.27. The van der Waals surface area contributed by atoms with Crippen molar-refractivity contribution in [3.8, 4) is 24.5 Å². The monoisotopic (exact) mass is 202 g/mol. The highest BCUT2D eigenvalue weighted by Crippen LogP contribution is 2.20. The fourth-order valence-electron chi connectivity index (χ4n) is 1.13. The van der Waals surface area contributed by atoms with Gasteiger partial charge in [0.25, 0.3) is 0 Å². The number of nitrogens with zero attached hydrogens (tertiary/aromatic N) is 2. The van der Waals surface area contributed by atoms with Gasteiger partial charge >= 0.3 is 0 Å². The molecular weight excluding hydrogens is 198 g/mol. The van der Waals surface area contributed by atoms with Crippen molar-refractivity contribution in [2.45, 2.75) is 6.42 Å². The van der Waals surface area contributed by atoms with E-state index in [-0.39, 0.29) is 12.0 Å². The molecule has 0 bridgehead atoms. The van der Waals surface area contributed by atoms with Gasteiger partial charge in [-0.05, 0) is 6.07 Å². The lowest BCUT2D eigenvalue weighted by Crippen LogP contribution is -2.00. The molecule has 0 unspecified atom stereocenters. The van der Waals surface area contributed by atoms with Crippen LogP contribution in [0.15, 0.2) is 6.07 Å². The van der Waals surface area contributed by atoms with Gasteiger partial charge in [-0.3, -0.25) is 0 Å². The van der Waals surface area contributed by atoms with Crippen molar-refractivity contribution < 1.29 is 8.78 Å². The fourth-order valence-corrected chi connectivity index (χ4v) is 1.13. The molecule has 0 saturated heterocycles. The molecule has 4 heteroatoms. The van der Waals surface area contributed by atoms with Crippen molar-refractivity contribution in [3.63, 3.8) is 0 Å². The molecule has 0 fully saturated rings. The quantitative estimate of drug-likeness (QED) is 0.653. The standard InChI is InChI=1S/C11H4F2N2/c1-2-3-7-4-10(12)8(5-14)9(6-15)11(7)13/h1,4H,3H2. The first-order valence-corrected chi connectivity index (χ1v) is 3.90. The second-order valence-corrected chi connectivity index (χ2v) is 2.69. The molecule has 72 valence electrons. The maximum absolute atomic E-state index is 13.5. The summed E-state index contributed by atoms with van der Waals surface area (Å²) in [4.78, 5) is 0. The SMILES string of the molecule is C#CCc1cc(F)c(C#N)c(C#N)c1F. The Morgan fingerprint density at radius 1 is 1.20 bits per heavy atom. The molecule has 0 aromatic heterocycles. The summed E-state index contributed by atoms with van der Waals surface area (Å²) in [6.45, 7) is 0. The van der Waals surface area contributed by atoms with E-state index >= 15 is 0 Å². The van der Waals surface area contributed by atoms with Crippen LogP contribution in [-0.2, 0) is 6.42 Å². The van der Waals surface area contributed by atoms with E-state index in [1.165, 1.54) is 12.1 Å². The first kappa shape index (κ1) is 10.7. The molecule has 1 rings (SSSR count). The normalized spacial score (nSPS) is 8.73. The maximum Gasteiger partial charge on any atom is 0.146 e. The van der Waals surface area contributed by atoms with Gasteiger partial charge in [0.15, 0.2) is 0 Å². The average Bonchev–Trinajstić information content (AvgIpc) is 2.22. The van der Waals surface area contributed by atoms with Gasteiger partial charge in [-0.25, -0.2) is 8.78 Å². The van der Waals surface area contributed by atoms with Gasteiger partial charge in [0.2, 0.25) is 0 Å². The molecule has 0 radical (unpaired) electrons. The molecule has 1 aromatic carbocycles. The molecule has 2 nitrogen and oxygen atoms in total. The summed E-state index contributed by atoms with van der Waals surface area (Å²) in [6.07, 6.45) is 4.83. The van der Waals surface area contributed by atoms with Gasteiger partial charge in [-0.2, -0.15) is 10.5 Å². The molecule has 0 heterocycles. The van der Waals surface area contributed by atoms with E-state index < -0.39 is 22.8 Å². The Morgan fingerprint density at radius 2 is 1.80 bits per heavy atom. The van der Waals surface area contributed by atoms with Gasteiger partial charge in [-0.15, -0.1) is 12.3 Å². The molecule has 0 aliphatic rings. The Morgan fingerprint density at radius 3 is 2.27 bits per heavy atom. The van der Waals surface area contributed by atoms with Gasteiger partial charge in [0, 0.05) is 12.0 Å². The third kappa shape index (κ3) is 1.77. The Balaban J connectivity index is 3.57. The minimum absolute atomic E-state index is 0.0921. The molecule has 0 atom stereocenters. The van der Waals surface area contributed by atoms with Crippen molar-refractivity contribution in [2.24, 2.45) is 0 Å². The number of terminal acetylenes is 1. The largest absolute Gasteiger partial charge is 0.205 e. The van der Waals surface area contributed by atoms with E-state index in [1.54, 1.807) is 0 Å². The highest BCUT2D eigenvalue weighted by molar-refractivity contribution is 5.50. The Labute approximate surface area is 85.4 Å². The van der Waals surface area contributed by atoms with Gasteiger partial charge in [-0.1, -0.05) is 0 Å². The summed E-state index contributed by atoms with van der Waals surface area (Å²) in [6, 6.07) is 3.73. The van der Waals surface area contributed by atoms with Crippen LogP contribution in [0, 0.1) is 46.6 Å². The third-order valence-electron chi connectivity index (χ3n) is 1.81. The summed E-state index contributed by atoms with van der Waals surface area (Å²) in [5.74, 6) is 0.289. The minimum Gasteiger partial charge on any atom is -0.205 e. The molecule has 1 aromatic rings. The molecule has 15 heavy (non-hydrogen) atoms. The zero-order valence-corrected chi connectivity index (χ0v) is 7.51. The topological polar surface area (TPSA) is 47.6 Å². The van der Waals surface area contributed by atoms with E-state index in [0.29, 0.717) is 0 Å². The lowest BCUT2D eigenvalue weighted by Gasteiger charge is -2.03. The minimum atomic E-state index is -0.930. The lowest BCUT2D eigenvalue weighted by molar-refractivity contribution is 0.583. The highest BCUT2D eigenvalue weighted by atomic mass is 19.1. The molecular formula is C11H4F2N2. The van der Waals surface area contributed by atoms with Crippen molar-refractivity contribution in [3.05, 3.63) is 34.4 Å². The van der Waals surface area contributed by atoms with Crippen LogP contribution >= 0.6 is 0 Å². The summed E-state index contributed by atoms with van der Waals surface area (Å²) >= 11 is 0. The molecule has 0 aliphatic heterocycles. The molecule has 0 N–H and O–H groups in total. The molecule has 0 spiro atoms. The van der Waals surface area contributed by atoms with Gasteiger partial charge in [0.1, 0.15) is 34.9 Å². The first-order chi connectivity index (χ1) is 7.15. The maximum atomic E-state index is 13.5. The van der Waals surface area contributed by atoms with E-state index in [2.05, 4.69) is 5.92 Å². The number of hydrogen-bond acceptors (Lipinski definition) is 2. The smallest absolute Gasteiger partial charge is 0.146 e. The summed E-state index contributed by atoms with van der Waals surface area (Å²) < 4.78 is 26.6. The van der Waals surface area contributed by atoms with Crippen LogP contribution in [-0.4, -0.2) is 0 Å². The van der Waals surface area contributed by atoms with Crippen LogP contribution in [0.4, 0.5) is 8.78 Å². The average molecular weight is 202 g/mol. The zero-order chi connectivity index (χ0) is 11.4. The van der Waals surface area contributed by atoms with E-state index in [4.69, 9.17) is 16.9 Å². The predicted octanol–water partition coefficient (Wildman–Crippen LogP) is 1.88. The van der Waals surface area contributed by atoms with E-state index in [1.807, 2.05) is 0 Å². The second-order valence-electron chi connectivity index (χ2n) is 2.69. The number of benzene rings is 1. The molecule has 0 saturated carbocycles. The van der Waals surface area contributed by atoms with Gasteiger partial charge < -0.3 is 0 Å². The van der Waals surface area contributed by atoms with Crippen LogP contribution in [0.25, 0.3) is 0 Å². The highest BCUT2D eigenvalue weighted by Gasteiger charge is 2.17. The van der Waals surface area contributed by atoms with Crippen molar-refractivity contribution in [1.29, 1.82) is 10.5 Å². The second kappa shape index (κ2) is 4.22. The van der Waals surface area contributed by atoms with Crippen LogP contribution in [0.5, 0.6) is 0 Å². The van der Waals surface area contributed by atoms with Crippen LogP contribution < -0.4 is 0 Å². The number of hydrogen-bond donors (Lipinski definition) is 0. The Kier molecular flexibility index (Phi) is 3.01. The lowest BCUT2D eigenvalue weighted by atomic mass is 10.0. The molecule has 0 amide bonds. The molecule has 0 aliphatic carbocycles. The fraction of sp³-hybridized carbons (Fsp3) is 0.0909. The number of nitriles is 2. The Bertz CT molecular complexity index is 527. The summed E-state index contributed by atoms with van der Waals surface area (Å²) in [7, 11) is 0. The zero-order valence-electron chi connectivity index (χ0n) is 7.51. The van der Waals surface area contributed by atoms with Crippen LogP contribution in [0.1, 0.15) is 16.7 Å².